The zero-order chi connectivity index (χ0) is 29.9. The zero-order valence-corrected chi connectivity index (χ0v) is 26.0. The summed E-state index contributed by atoms with van der Waals surface area (Å²) in [4.78, 5) is 19.8. The maximum absolute atomic E-state index is 13.7. The minimum atomic E-state index is -0.181. The zero-order valence-electron chi connectivity index (χ0n) is 23.7. The van der Waals surface area contributed by atoms with Crippen LogP contribution in [0.4, 0.5) is 10.7 Å². The molecular formula is C34H31Cl2N3O2S. The van der Waals surface area contributed by atoms with Gasteiger partial charge in [-0.2, -0.15) is 5.26 Å². The van der Waals surface area contributed by atoms with Crippen LogP contribution in [-0.4, -0.2) is 12.1 Å². The van der Waals surface area contributed by atoms with Crippen molar-refractivity contribution in [1.29, 1.82) is 5.26 Å². The summed E-state index contributed by atoms with van der Waals surface area (Å²) in [6.07, 6.45) is 4.51. The van der Waals surface area contributed by atoms with E-state index in [2.05, 4.69) is 32.2 Å². The number of carbonyl (C=O) groups excluding carboxylic acids is 1. The molecule has 214 valence electrons. The molecule has 1 aromatic heterocycles. The predicted octanol–water partition coefficient (Wildman–Crippen LogP) is 9.66. The summed E-state index contributed by atoms with van der Waals surface area (Å²) in [5, 5.41) is 13.9. The number of hydrogen-bond acceptors (Lipinski definition) is 5. The van der Waals surface area contributed by atoms with Crippen molar-refractivity contribution >= 4 is 57.3 Å². The monoisotopic (exact) mass is 615 g/mol. The SMILES string of the molecule is CC(C)(C)[C@H]1CCc2c(sc(N=Cc3cc(Cl)ccc3OCc3ccc(C#N)cc3)c2C(=O)Nc2ccc(Cl)cc2)C1. The number of rotatable bonds is 7. The van der Waals surface area contributed by atoms with Gasteiger partial charge in [0.2, 0.25) is 0 Å². The normalized spacial score (nSPS) is 14.8. The van der Waals surface area contributed by atoms with Gasteiger partial charge in [-0.1, -0.05) is 56.1 Å². The van der Waals surface area contributed by atoms with Crippen molar-refractivity contribution in [2.24, 2.45) is 16.3 Å². The predicted molar refractivity (Wildman–Crippen MR) is 173 cm³/mol. The number of nitrogens with zero attached hydrogens (tertiary/aromatic N) is 2. The lowest BCUT2D eigenvalue weighted by Gasteiger charge is -2.33. The Bertz CT molecular complexity index is 1660. The number of fused-ring (bicyclic) bond motifs is 1. The Morgan fingerprint density at radius 3 is 2.50 bits per heavy atom. The van der Waals surface area contributed by atoms with Crippen LogP contribution in [-0.2, 0) is 19.4 Å². The molecule has 5 nitrogen and oxygen atoms in total. The van der Waals surface area contributed by atoms with E-state index in [9.17, 15) is 4.79 Å². The quantitative estimate of drug-likeness (QED) is 0.210. The van der Waals surface area contributed by atoms with Crippen LogP contribution >= 0.6 is 34.5 Å². The molecule has 0 unspecified atom stereocenters. The standard InChI is InChI=1S/C34H31Cl2N3O2S/c1-34(2,3)24-8-14-28-30(17-24)42-33(31(28)32(40)39-27-12-9-25(35)10-13-27)38-19-23-16-26(36)11-15-29(23)41-20-22-6-4-21(18-37)5-7-22/h4-7,9-13,15-16,19,24H,8,14,17,20H2,1-3H3,(H,39,40)/t24-/m0/s1. The highest BCUT2D eigenvalue weighted by molar-refractivity contribution is 7.16. The van der Waals surface area contributed by atoms with E-state index in [0.717, 1.165) is 30.4 Å². The average Bonchev–Trinajstić information content (AvgIpc) is 3.34. The number of ether oxygens (including phenoxy) is 1. The summed E-state index contributed by atoms with van der Waals surface area (Å²) >= 11 is 14.0. The van der Waals surface area contributed by atoms with E-state index in [1.54, 1.807) is 66.1 Å². The molecule has 8 heteroatoms. The van der Waals surface area contributed by atoms with Gasteiger partial charge in [-0.25, -0.2) is 4.99 Å². The van der Waals surface area contributed by atoms with Gasteiger partial charge in [0.05, 0.1) is 17.2 Å². The van der Waals surface area contributed by atoms with E-state index >= 15 is 0 Å². The molecule has 3 aromatic carbocycles. The molecule has 0 spiro atoms. The molecule has 1 N–H and O–H groups in total. The number of nitrogens with one attached hydrogen (secondary N) is 1. The Balaban J connectivity index is 1.46. The number of nitriles is 1. The maximum Gasteiger partial charge on any atom is 0.259 e. The molecule has 0 fully saturated rings. The third kappa shape index (κ3) is 7.04. The van der Waals surface area contributed by atoms with Crippen LogP contribution in [0.1, 0.15) is 64.7 Å². The lowest BCUT2D eigenvalue weighted by atomic mass is 9.72. The summed E-state index contributed by atoms with van der Waals surface area (Å²) in [5.41, 5.74) is 4.81. The van der Waals surface area contributed by atoms with E-state index in [1.165, 1.54) is 4.88 Å². The minimum Gasteiger partial charge on any atom is -0.488 e. The molecule has 0 saturated carbocycles. The first kappa shape index (κ1) is 29.8. The Hall–Kier alpha value is -3.63. The van der Waals surface area contributed by atoms with Crippen molar-refractivity contribution in [2.45, 2.75) is 46.6 Å². The van der Waals surface area contributed by atoms with Crippen molar-refractivity contribution in [3.63, 3.8) is 0 Å². The fourth-order valence-corrected chi connectivity index (χ4v) is 6.65. The van der Waals surface area contributed by atoms with E-state index in [4.69, 9.17) is 38.2 Å². The third-order valence-electron chi connectivity index (χ3n) is 7.57. The molecular weight excluding hydrogens is 585 g/mol. The van der Waals surface area contributed by atoms with Gasteiger partial charge < -0.3 is 10.1 Å². The van der Waals surface area contributed by atoms with Gasteiger partial charge in [0.1, 0.15) is 17.4 Å². The molecule has 0 bridgehead atoms. The van der Waals surface area contributed by atoms with Crippen LogP contribution in [0.3, 0.4) is 0 Å². The molecule has 0 saturated heterocycles. The molecule has 5 rings (SSSR count). The lowest BCUT2D eigenvalue weighted by Crippen LogP contribution is -2.27. The number of amides is 1. The molecule has 0 radical (unpaired) electrons. The van der Waals surface area contributed by atoms with Crippen molar-refractivity contribution in [1.82, 2.24) is 0 Å². The number of anilines is 1. The summed E-state index contributed by atoms with van der Waals surface area (Å²) in [7, 11) is 0. The first-order valence-electron chi connectivity index (χ1n) is 13.8. The summed E-state index contributed by atoms with van der Waals surface area (Å²) < 4.78 is 6.12. The molecule has 1 heterocycles. The van der Waals surface area contributed by atoms with E-state index in [-0.39, 0.29) is 11.3 Å². The largest absolute Gasteiger partial charge is 0.488 e. The van der Waals surface area contributed by atoms with Gasteiger partial charge in [0.15, 0.2) is 0 Å². The molecule has 1 amide bonds. The fraction of sp³-hybridized carbons (Fsp3) is 0.265. The van der Waals surface area contributed by atoms with Gasteiger partial charge in [-0.15, -0.1) is 11.3 Å². The van der Waals surface area contributed by atoms with E-state index in [1.807, 2.05) is 18.2 Å². The minimum absolute atomic E-state index is 0.179. The first-order chi connectivity index (χ1) is 20.1. The lowest BCUT2D eigenvalue weighted by molar-refractivity contribution is 0.102. The molecule has 0 aliphatic heterocycles. The highest BCUT2D eigenvalue weighted by atomic mass is 35.5. The van der Waals surface area contributed by atoms with Crippen molar-refractivity contribution in [3.8, 4) is 11.8 Å². The van der Waals surface area contributed by atoms with Crippen LogP contribution in [0, 0.1) is 22.7 Å². The van der Waals surface area contributed by atoms with Gasteiger partial charge >= 0.3 is 0 Å². The first-order valence-corrected chi connectivity index (χ1v) is 15.3. The summed E-state index contributed by atoms with van der Waals surface area (Å²) in [6, 6.07) is 21.9. The fourth-order valence-electron chi connectivity index (χ4n) is 5.08. The molecule has 1 atom stereocenters. The highest BCUT2D eigenvalue weighted by Gasteiger charge is 2.33. The van der Waals surface area contributed by atoms with Gasteiger partial charge in [0, 0.05) is 32.4 Å². The maximum atomic E-state index is 13.7. The Morgan fingerprint density at radius 2 is 1.81 bits per heavy atom. The number of hydrogen-bond donors (Lipinski definition) is 1. The van der Waals surface area contributed by atoms with Gasteiger partial charge in [-0.05, 0) is 96.3 Å². The topological polar surface area (TPSA) is 74.5 Å². The van der Waals surface area contributed by atoms with Gasteiger partial charge in [-0.3, -0.25) is 4.79 Å². The second-order valence-electron chi connectivity index (χ2n) is 11.5. The third-order valence-corrected chi connectivity index (χ3v) is 9.22. The van der Waals surface area contributed by atoms with E-state index in [0.29, 0.717) is 55.7 Å². The molecule has 42 heavy (non-hydrogen) atoms. The number of thiophene rings is 1. The summed E-state index contributed by atoms with van der Waals surface area (Å²) in [5.74, 6) is 0.969. The van der Waals surface area contributed by atoms with Crippen molar-refractivity contribution in [2.75, 3.05) is 5.32 Å². The van der Waals surface area contributed by atoms with E-state index < -0.39 is 0 Å². The average molecular weight is 617 g/mol. The van der Waals surface area contributed by atoms with Crippen LogP contribution in [0.5, 0.6) is 5.75 Å². The Kier molecular flexibility index (Phi) is 9.03. The summed E-state index contributed by atoms with van der Waals surface area (Å²) in [6.45, 7) is 7.16. The Morgan fingerprint density at radius 1 is 1.10 bits per heavy atom. The molecule has 1 aliphatic carbocycles. The van der Waals surface area contributed by atoms with Crippen LogP contribution in [0.15, 0.2) is 71.7 Å². The van der Waals surface area contributed by atoms with Crippen LogP contribution in [0.2, 0.25) is 10.0 Å². The van der Waals surface area contributed by atoms with Crippen molar-refractivity contribution < 1.29 is 9.53 Å². The number of benzene rings is 3. The second-order valence-corrected chi connectivity index (χ2v) is 13.4. The van der Waals surface area contributed by atoms with Crippen LogP contribution < -0.4 is 10.1 Å². The number of halogens is 2. The van der Waals surface area contributed by atoms with Crippen molar-refractivity contribution in [3.05, 3.63) is 109 Å². The highest BCUT2D eigenvalue weighted by Crippen LogP contribution is 2.45. The molecule has 1 aliphatic rings. The number of carbonyl (C=O) groups is 1. The number of aliphatic imine (C=N–C) groups is 1. The van der Waals surface area contributed by atoms with Gasteiger partial charge in [0.25, 0.3) is 5.91 Å². The smallest absolute Gasteiger partial charge is 0.259 e. The molecule has 4 aromatic rings. The second kappa shape index (κ2) is 12.7. The Labute approximate surface area is 260 Å². The van der Waals surface area contributed by atoms with Crippen LogP contribution in [0.25, 0.3) is 0 Å².